The zero-order valence-corrected chi connectivity index (χ0v) is 18.6. The first-order valence-corrected chi connectivity index (χ1v) is 10.9. The van der Waals surface area contributed by atoms with E-state index in [1.807, 2.05) is 49.1 Å². The van der Waals surface area contributed by atoms with Crippen molar-refractivity contribution in [2.75, 3.05) is 18.1 Å². The third-order valence-corrected chi connectivity index (χ3v) is 5.51. The lowest BCUT2D eigenvalue weighted by molar-refractivity contribution is -0.137. The number of benzene rings is 3. The topological polar surface area (TPSA) is 49.9 Å². The van der Waals surface area contributed by atoms with Crippen molar-refractivity contribution < 1.29 is 18.7 Å². The van der Waals surface area contributed by atoms with Crippen LogP contribution in [0.15, 0.2) is 84.6 Å². The van der Waals surface area contributed by atoms with E-state index in [1.165, 1.54) is 17.0 Å². The molecule has 0 spiro atoms. The second-order valence-corrected chi connectivity index (χ2v) is 7.58. The molecule has 0 fully saturated rings. The molecule has 1 aliphatic rings. The number of halogens is 1. The molecule has 5 nitrogen and oxygen atoms in total. The van der Waals surface area contributed by atoms with E-state index in [4.69, 9.17) is 4.74 Å². The Morgan fingerprint density at radius 2 is 1.52 bits per heavy atom. The molecule has 0 saturated heterocycles. The van der Waals surface area contributed by atoms with Crippen LogP contribution in [0.3, 0.4) is 0 Å². The van der Waals surface area contributed by atoms with E-state index < -0.39 is 0 Å². The second kappa shape index (κ2) is 9.69. The van der Waals surface area contributed by atoms with E-state index in [0.29, 0.717) is 41.3 Å². The molecule has 1 aliphatic heterocycles. The molecular weight excluding hydrogens is 419 g/mol. The molecule has 3 aromatic carbocycles. The van der Waals surface area contributed by atoms with E-state index in [0.717, 1.165) is 5.69 Å². The molecule has 0 saturated carbocycles. The number of imide groups is 1. The van der Waals surface area contributed by atoms with Gasteiger partial charge >= 0.3 is 0 Å². The lowest BCUT2D eigenvalue weighted by atomic mass is 10.0. The summed E-state index contributed by atoms with van der Waals surface area (Å²) in [6.45, 7) is 4.95. The summed E-state index contributed by atoms with van der Waals surface area (Å²) in [5.74, 6) is -0.427. The normalized spacial score (nSPS) is 13.6. The van der Waals surface area contributed by atoms with E-state index in [1.54, 1.807) is 36.4 Å². The molecule has 6 heteroatoms. The Kier molecular flexibility index (Phi) is 6.54. The first-order chi connectivity index (χ1) is 16.0. The number of anilines is 1. The number of nitrogens with zero attached hydrogens (tertiary/aromatic N) is 2. The number of amides is 2. The van der Waals surface area contributed by atoms with Gasteiger partial charge in [-0.25, -0.2) is 4.39 Å². The Morgan fingerprint density at radius 1 is 0.848 bits per heavy atom. The summed E-state index contributed by atoms with van der Waals surface area (Å²) in [4.78, 5) is 30.3. The molecule has 2 amide bonds. The van der Waals surface area contributed by atoms with Crippen LogP contribution in [0.1, 0.15) is 25.0 Å². The fraction of sp³-hybridized carbons (Fsp3) is 0.185. The van der Waals surface area contributed by atoms with E-state index in [2.05, 4.69) is 0 Å². The van der Waals surface area contributed by atoms with Crippen LogP contribution in [0.5, 0.6) is 5.75 Å². The number of carbonyl (C=O) groups excluding carboxylic acids is 2. The van der Waals surface area contributed by atoms with Crippen molar-refractivity contribution in [2.24, 2.45) is 0 Å². The summed E-state index contributed by atoms with van der Waals surface area (Å²) in [6.07, 6.45) is 0. The van der Waals surface area contributed by atoms with Crippen LogP contribution in [0, 0.1) is 5.82 Å². The maximum atomic E-state index is 13.6. The molecule has 1 heterocycles. The molecule has 0 radical (unpaired) electrons. The van der Waals surface area contributed by atoms with E-state index in [9.17, 15) is 14.0 Å². The smallest absolute Gasteiger partial charge is 0.278 e. The maximum Gasteiger partial charge on any atom is 0.278 e. The minimum Gasteiger partial charge on any atom is -0.494 e. The van der Waals surface area contributed by atoms with Gasteiger partial charge in [-0.1, -0.05) is 42.5 Å². The van der Waals surface area contributed by atoms with Crippen molar-refractivity contribution >= 4 is 23.1 Å². The minimum absolute atomic E-state index is 0.0638. The highest BCUT2D eigenvalue weighted by molar-refractivity contribution is 6.36. The summed E-state index contributed by atoms with van der Waals surface area (Å²) >= 11 is 0. The van der Waals surface area contributed by atoms with Crippen LogP contribution in [-0.2, 0) is 16.1 Å². The van der Waals surface area contributed by atoms with Crippen LogP contribution in [-0.4, -0.2) is 29.9 Å². The highest BCUT2D eigenvalue weighted by Crippen LogP contribution is 2.35. The molecule has 0 unspecified atom stereocenters. The fourth-order valence-electron chi connectivity index (χ4n) is 3.95. The summed E-state index contributed by atoms with van der Waals surface area (Å²) in [5.41, 5.74) is 2.81. The van der Waals surface area contributed by atoms with Crippen molar-refractivity contribution in [3.8, 4) is 5.75 Å². The molecule has 0 aromatic heterocycles. The Bertz CT molecular complexity index is 1170. The minimum atomic E-state index is -0.377. The van der Waals surface area contributed by atoms with Crippen molar-refractivity contribution in [1.82, 2.24) is 4.90 Å². The molecule has 0 N–H and O–H groups in total. The third-order valence-electron chi connectivity index (χ3n) is 5.51. The summed E-state index contributed by atoms with van der Waals surface area (Å²) < 4.78 is 18.9. The van der Waals surface area contributed by atoms with Crippen molar-refractivity contribution in [3.05, 3.63) is 102 Å². The van der Waals surface area contributed by atoms with E-state index >= 15 is 0 Å². The van der Waals surface area contributed by atoms with Crippen molar-refractivity contribution in [1.29, 1.82) is 0 Å². The lowest BCUT2D eigenvalue weighted by Gasteiger charge is -2.25. The Labute approximate surface area is 192 Å². The third kappa shape index (κ3) is 4.51. The Morgan fingerprint density at radius 3 is 2.12 bits per heavy atom. The highest BCUT2D eigenvalue weighted by atomic mass is 19.1. The number of ether oxygens (including phenoxy) is 1. The van der Waals surface area contributed by atoms with Gasteiger partial charge < -0.3 is 9.64 Å². The van der Waals surface area contributed by atoms with Crippen LogP contribution in [0.2, 0.25) is 0 Å². The zero-order valence-electron chi connectivity index (χ0n) is 18.6. The van der Waals surface area contributed by atoms with Gasteiger partial charge in [0.1, 0.15) is 17.3 Å². The summed E-state index contributed by atoms with van der Waals surface area (Å²) in [6, 6.07) is 22.5. The average Bonchev–Trinajstić information content (AvgIpc) is 3.07. The summed E-state index contributed by atoms with van der Waals surface area (Å²) in [5, 5.41) is 0. The number of hydrogen-bond donors (Lipinski definition) is 0. The Balaban J connectivity index is 1.79. The van der Waals surface area contributed by atoms with Crippen LogP contribution < -0.4 is 9.64 Å². The first kappa shape index (κ1) is 22.3. The van der Waals surface area contributed by atoms with Crippen molar-refractivity contribution in [2.45, 2.75) is 20.4 Å². The van der Waals surface area contributed by atoms with Gasteiger partial charge in [-0.15, -0.1) is 0 Å². The van der Waals surface area contributed by atoms with Gasteiger partial charge in [0, 0.05) is 12.2 Å². The van der Waals surface area contributed by atoms with Gasteiger partial charge in [0.25, 0.3) is 11.8 Å². The van der Waals surface area contributed by atoms with Gasteiger partial charge in [0.05, 0.1) is 18.7 Å². The van der Waals surface area contributed by atoms with E-state index in [-0.39, 0.29) is 24.2 Å². The number of para-hydroxylation sites is 1. The quantitative estimate of drug-likeness (QED) is 0.457. The largest absolute Gasteiger partial charge is 0.494 e. The monoisotopic (exact) mass is 444 g/mol. The lowest BCUT2D eigenvalue weighted by Crippen LogP contribution is -2.34. The number of carbonyl (C=O) groups is 2. The van der Waals surface area contributed by atoms with Crippen LogP contribution in [0.4, 0.5) is 10.1 Å². The van der Waals surface area contributed by atoms with Gasteiger partial charge in [-0.3, -0.25) is 14.5 Å². The first-order valence-electron chi connectivity index (χ1n) is 10.9. The number of rotatable bonds is 8. The van der Waals surface area contributed by atoms with Gasteiger partial charge in [0.2, 0.25) is 0 Å². The van der Waals surface area contributed by atoms with Crippen LogP contribution >= 0.6 is 0 Å². The summed E-state index contributed by atoms with van der Waals surface area (Å²) in [7, 11) is 0. The molecule has 4 rings (SSSR count). The second-order valence-electron chi connectivity index (χ2n) is 7.58. The molecule has 3 aromatic rings. The zero-order chi connectivity index (χ0) is 23.4. The molecule has 0 bridgehead atoms. The molecule has 0 atom stereocenters. The molecule has 33 heavy (non-hydrogen) atoms. The fourth-order valence-corrected chi connectivity index (χ4v) is 3.95. The number of hydrogen-bond acceptors (Lipinski definition) is 4. The standard InChI is InChI=1S/C27H25FN2O3/c1-3-29(22-8-6-5-7-9-22)25-24(20-12-16-23(17-13-20)33-4-2)26(31)30(27(25)32)18-19-10-14-21(28)15-11-19/h5-17H,3-4,18H2,1-2H3. The molecule has 168 valence electrons. The Hall–Kier alpha value is -3.93. The number of likely N-dealkylation sites (N-methyl/N-ethyl adjacent to an activating group) is 1. The molecule has 0 aliphatic carbocycles. The average molecular weight is 445 g/mol. The predicted octanol–water partition coefficient (Wildman–Crippen LogP) is 5.03. The van der Waals surface area contributed by atoms with Crippen molar-refractivity contribution in [3.63, 3.8) is 0 Å². The van der Waals surface area contributed by atoms with Gasteiger partial charge in [-0.05, 0) is 61.4 Å². The predicted molar refractivity (Wildman–Crippen MR) is 126 cm³/mol. The molecular formula is C27H25FN2O3. The van der Waals surface area contributed by atoms with Gasteiger partial charge in [0.15, 0.2) is 0 Å². The van der Waals surface area contributed by atoms with Crippen LogP contribution in [0.25, 0.3) is 5.57 Å². The maximum absolute atomic E-state index is 13.6. The van der Waals surface area contributed by atoms with Gasteiger partial charge in [-0.2, -0.15) is 0 Å². The SMILES string of the molecule is CCOc1ccc(C2=C(N(CC)c3ccccc3)C(=O)N(Cc3ccc(F)cc3)C2=O)cc1. The highest BCUT2D eigenvalue weighted by Gasteiger charge is 2.41.